The van der Waals surface area contributed by atoms with E-state index in [9.17, 15) is 9.18 Å². The largest absolute Gasteiger partial charge is 0.496 e. The van der Waals surface area contributed by atoms with Crippen LogP contribution in [-0.2, 0) is 5.75 Å². The Morgan fingerprint density at radius 1 is 1.30 bits per heavy atom. The molecule has 3 rings (SSSR count). The lowest BCUT2D eigenvalue weighted by Gasteiger charge is -2.06. The summed E-state index contributed by atoms with van der Waals surface area (Å²) in [6.07, 6.45) is 0. The van der Waals surface area contributed by atoms with E-state index in [2.05, 4.69) is 31.4 Å². The van der Waals surface area contributed by atoms with Gasteiger partial charge < -0.3 is 10.1 Å². The standard InChI is InChI=1S/C18H15BrFN3O2S2/c1-25-16-7-6-11(8-13(16)19)15(24)9-21-17-22-23-18(27-17)26-10-12-4-2-3-5-14(12)20/h2-8H,9-10H2,1H3,(H,21,22). The number of hydrogen-bond acceptors (Lipinski definition) is 7. The van der Waals surface area contributed by atoms with E-state index in [1.165, 1.54) is 29.2 Å². The van der Waals surface area contributed by atoms with Crippen molar-refractivity contribution in [2.45, 2.75) is 10.1 Å². The molecule has 0 saturated heterocycles. The first-order chi connectivity index (χ1) is 13.1. The fraction of sp³-hybridized carbons (Fsp3) is 0.167. The van der Waals surface area contributed by atoms with Crippen LogP contribution in [0.1, 0.15) is 15.9 Å². The molecular formula is C18H15BrFN3O2S2. The number of hydrogen-bond donors (Lipinski definition) is 1. The highest BCUT2D eigenvalue weighted by Gasteiger charge is 2.11. The summed E-state index contributed by atoms with van der Waals surface area (Å²) in [5.41, 5.74) is 1.18. The molecule has 0 amide bonds. The van der Waals surface area contributed by atoms with Gasteiger partial charge in [-0.3, -0.25) is 4.79 Å². The van der Waals surface area contributed by atoms with Crippen molar-refractivity contribution in [2.24, 2.45) is 0 Å². The molecule has 0 aliphatic carbocycles. The van der Waals surface area contributed by atoms with Crippen LogP contribution in [0, 0.1) is 5.82 Å². The maximum absolute atomic E-state index is 13.6. The Hall–Kier alpha value is -1.97. The molecule has 5 nitrogen and oxygen atoms in total. The quantitative estimate of drug-likeness (QED) is 0.370. The highest BCUT2D eigenvalue weighted by atomic mass is 79.9. The van der Waals surface area contributed by atoms with Crippen molar-refractivity contribution in [2.75, 3.05) is 19.0 Å². The monoisotopic (exact) mass is 467 g/mol. The Labute approximate surface area is 172 Å². The molecule has 0 saturated carbocycles. The number of aromatic nitrogens is 2. The van der Waals surface area contributed by atoms with Crippen molar-refractivity contribution in [3.63, 3.8) is 0 Å². The molecule has 0 aliphatic rings. The number of carbonyl (C=O) groups excluding carboxylic acids is 1. The van der Waals surface area contributed by atoms with E-state index < -0.39 is 0 Å². The third-order valence-corrected chi connectivity index (χ3v) is 6.27. The van der Waals surface area contributed by atoms with Crippen molar-refractivity contribution >= 4 is 49.9 Å². The van der Waals surface area contributed by atoms with Gasteiger partial charge >= 0.3 is 0 Å². The van der Waals surface area contributed by atoms with Crippen LogP contribution in [0.15, 0.2) is 51.3 Å². The second kappa shape index (κ2) is 9.29. The van der Waals surface area contributed by atoms with Crippen LogP contribution < -0.4 is 10.1 Å². The highest BCUT2D eigenvalue weighted by molar-refractivity contribution is 9.10. The number of ether oxygens (including phenoxy) is 1. The van der Waals surface area contributed by atoms with Gasteiger partial charge in [-0.25, -0.2) is 4.39 Å². The average Bonchev–Trinajstić information content (AvgIpc) is 3.13. The molecule has 1 heterocycles. The maximum atomic E-state index is 13.6. The van der Waals surface area contributed by atoms with Crippen LogP contribution in [0.5, 0.6) is 5.75 Å². The number of anilines is 1. The SMILES string of the molecule is COc1ccc(C(=O)CNc2nnc(SCc3ccccc3F)s2)cc1Br. The molecule has 0 aliphatic heterocycles. The first-order valence-corrected chi connectivity index (χ1v) is 10.5. The Morgan fingerprint density at radius 3 is 2.85 bits per heavy atom. The number of nitrogens with one attached hydrogen (secondary N) is 1. The summed E-state index contributed by atoms with van der Waals surface area (Å²) < 4.78 is 20.2. The first-order valence-electron chi connectivity index (χ1n) is 7.87. The molecule has 0 spiro atoms. The third kappa shape index (κ3) is 5.27. The zero-order valence-corrected chi connectivity index (χ0v) is 17.5. The molecular weight excluding hydrogens is 453 g/mol. The third-order valence-electron chi connectivity index (χ3n) is 3.59. The zero-order valence-electron chi connectivity index (χ0n) is 14.2. The maximum Gasteiger partial charge on any atom is 0.206 e. The molecule has 9 heteroatoms. The topological polar surface area (TPSA) is 64.1 Å². The molecule has 3 aromatic rings. The molecule has 0 unspecified atom stereocenters. The first kappa shape index (κ1) is 19.8. The zero-order chi connectivity index (χ0) is 19.2. The van der Waals surface area contributed by atoms with E-state index in [-0.39, 0.29) is 18.1 Å². The number of thioether (sulfide) groups is 1. The van der Waals surface area contributed by atoms with Gasteiger partial charge in [-0.1, -0.05) is 41.3 Å². The molecule has 27 heavy (non-hydrogen) atoms. The summed E-state index contributed by atoms with van der Waals surface area (Å²) in [5.74, 6) is 0.832. The van der Waals surface area contributed by atoms with E-state index in [1.54, 1.807) is 43.5 Å². The van der Waals surface area contributed by atoms with Gasteiger partial charge in [-0.05, 0) is 45.8 Å². The molecule has 1 aromatic heterocycles. The predicted molar refractivity (Wildman–Crippen MR) is 109 cm³/mol. The minimum atomic E-state index is -0.232. The average molecular weight is 468 g/mol. The molecule has 0 atom stereocenters. The fourth-order valence-electron chi connectivity index (χ4n) is 2.19. The van der Waals surface area contributed by atoms with Crippen LogP contribution in [0.2, 0.25) is 0 Å². The summed E-state index contributed by atoms with van der Waals surface area (Å²) in [5, 5.41) is 11.6. The molecule has 0 radical (unpaired) electrons. The lowest BCUT2D eigenvalue weighted by Crippen LogP contribution is -2.13. The summed E-state index contributed by atoms with van der Waals surface area (Å²) in [6.45, 7) is 0.103. The van der Waals surface area contributed by atoms with Crippen molar-refractivity contribution in [3.05, 3.63) is 63.9 Å². The van der Waals surface area contributed by atoms with Crippen LogP contribution in [0.25, 0.3) is 0 Å². The minimum Gasteiger partial charge on any atom is -0.496 e. The normalized spacial score (nSPS) is 10.6. The number of carbonyl (C=O) groups is 1. The van der Waals surface area contributed by atoms with E-state index in [1.807, 2.05) is 0 Å². The number of methoxy groups -OCH3 is 1. The van der Waals surface area contributed by atoms with E-state index in [4.69, 9.17) is 4.74 Å². The number of halogens is 2. The number of rotatable bonds is 8. The second-order valence-electron chi connectivity index (χ2n) is 5.38. The van der Waals surface area contributed by atoms with Gasteiger partial charge in [-0.15, -0.1) is 10.2 Å². The summed E-state index contributed by atoms with van der Waals surface area (Å²) in [4.78, 5) is 12.3. The number of nitrogens with zero attached hydrogens (tertiary/aromatic N) is 2. The van der Waals surface area contributed by atoms with Crippen molar-refractivity contribution in [1.82, 2.24) is 10.2 Å². The van der Waals surface area contributed by atoms with Crippen molar-refractivity contribution < 1.29 is 13.9 Å². The fourth-order valence-corrected chi connectivity index (χ4v) is 4.47. The highest BCUT2D eigenvalue weighted by Crippen LogP contribution is 2.29. The lowest BCUT2D eigenvalue weighted by molar-refractivity contribution is 0.101. The summed E-state index contributed by atoms with van der Waals surface area (Å²) >= 11 is 6.10. The lowest BCUT2D eigenvalue weighted by atomic mass is 10.1. The number of benzene rings is 2. The van der Waals surface area contributed by atoms with Crippen molar-refractivity contribution in [3.8, 4) is 5.75 Å². The summed E-state index contributed by atoms with van der Waals surface area (Å²) in [7, 11) is 1.57. The smallest absolute Gasteiger partial charge is 0.206 e. The van der Waals surface area contributed by atoms with Gasteiger partial charge in [0.2, 0.25) is 5.13 Å². The van der Waals surface area contributed by atoms with Gasteiger partial charge in [0, 0.05) is 11.3 Å². The van der Waals surface area contributed by atoms with Crippen LogP contribution in [0.4, 0.5) is 9.52 Å². The van der Waals surface area contributed by atoms with E-state index >= 15 is 0 Å². The van der Waals surface area contributed by atoms with Crippen LogP contribution >= 0.6 is 39.0 Å². The van der Waals surface area contributed by atoms with E-state index in [0.29, 0.717) is 32.1 Å². The van der Waals surface area contributed by atoms with Gasteiger partial charge in [0.05, 0.1) is 18.1 Å². The van der Waals surface area contributed by atoms with Gasteiger partial charge in [0.15, 0.2) is 10.1 Å². The van der Waals surface area contributed by atoms with Gasteiger partial charge in [0.25, 0.3) is 0 Å². The molecule has 0 bridgehead atoms. The molecule has 140 valence electrons. The summed E-state index contributed by atoms with van der Waals surface area (Å²) in [6, 6.07) is 11.8. The predicted octanol–water partition coefficient (Wildman–Crippen LogP) is 5.04. The molecule has 1 N–H and O–H groups in total. The van der Waals surface area contributed by atoms with Crippen molar-refractivity contribution in [1.29, 1.82) is 0 Å². The Morgan fingerprint density at radius 2 is 2.11 bits per heavy atom. The van der Waals surface area contributed by atoms with Crippen LogP contribution in [0.3, 0.4) is 0 Å². The Bertz CT molecular complexity index is 952. The van der Waals surface area contributed by atoms with Gasteiger partial charge in [-0.2, -0.15) is 0 Å². The molecule has 0 fully saturated rings. The second-order valence-corrected chi connectivity index (χ2v) is 8.43. The Kier molecular flexibility index (Phi) is 6.81. The van der Waals surface area contributed by atoms with E-state index in [0.717, 1.165) is 4.47 Å². The Balaban J connectivity index is 1.54. The number of ketones is 1. The minimum absolute atomic E-state index is 0.0749. The molecule has 2 aromatic carbocycles. The van der Waals surface area contributed by atoms with Crippen LogP contribution in [-0.4, -0.2) is 29.6 Å². The number of Topliss-reactive ketones (excluding diaryl/α,β-unsaturated/α-hetero) is 1. The van der Waals surface area contributed by atoms with Gasteiger partial charge in [0.1, 0.15) is 11.6 Å².